The van der Waals surface area contributed by atoms with Crippen molar-refractivity contribution in [3.05, 3.63) is 53.2 Å². The van der Waals surface area contributed by atoms with Crippen LogP contribution in [0.15, 0.2) is 40.1 Å². The van der Waals surface area contributed by atoms with E-state index in [9.17, 15) is 4.39 Å². The van der Waals surface area contributed by atoms with E-state index < -0.39 is 0 Å². The Morgan fingerprint density at radius 3 is 2.96 bits per heavy atom. The van der Waals surface area contributed by atoms with Crippen molar-refractivity contribution in [3.63, 3.8) is 0 Å². The Kier molecular flexibility index (Phi) is 7.51. The lowest BCUT2D eigenvalue weighted by Gasteiger charge is -2.21. The molecule has 0 radical (unpaired) electrons. The Bertz CT molecular complexity index is 707. The number of hydrogen-bond donors (Lipinski definition) is 2. The molecule has 136 valence electrons. The van der Waals surface area contributed by atoms with Gasteiger partial charge in [0.15, 0.2) is 12.8 Å². The molecule has 0 bridgehead atoms. The first kappa shape index (κ1) is 19.5. The van der Waals surface area contributed by atoms with Crippen molar-refractivity contribution < 1.29 is 18.3 Å². The van der Waals surface area contributed by atoms with Crippen molar-refractivity contribution in [3.8, 4) is 5.75 Å². The molecule has 0 fully saturated rings. The summed E-state index contributed by atoms with van der Waals surface area (Å²) in [5.41, 5.74) is 2.61. The third kappa shape index (κ3) is 5.33. The number of ether oxygens (including phenoxy) is 2. The van der Waals surface area contributed by atoms with Crippen molar-refractivity contribution in [1.82, 2.24) is 10.6 Å². The summed E-state index contributed by atoms with van der Waals surface area (Å²) < 4.78 is 29.4. The molecule has 0 amide bonds. The number of guanidine groups is 1. The number of fused-ring (bicyclic) bond motifs is 1. The molecule has 2 aromatic rings. The van der Waals surface area contributed by atoms with Crippen LogP contribution in [0.4, 0.5) is 4.39 Å². The van der Waals surface area contributed by atoms with Gasteiger partial charge < -0.3 is 24.5 Å². The predicted octanol–water partition coefficient (Wildman–Crippen LogP) is 2.81. The van der Waals surface area contributed by atoms with Crippen LogP contribution in [0.1, 0.15) is 16.7 Å². The molecular weight excluding hydrogens is 440 g/mol. The third-order valence-electron chi connectivity index (χ3n) is 3.70. The highest BCUT2D eigenvalue weighted by Crippen LogP contribution is 2.29. The molecule has 25 heavy (non-hydrogen) atoms. The molecule has 1 aromatic carbocycles. The maximum atomic E-state index is 13.7. The Labute approximate surface area is 162 Å². The molecule has 8 heteroatoms. The van der Waals surface area contributed by atoms with Crippen molar-refractivity contribution in [2.24, 2.45) is 4.99 Å². The molecular formula is C17H21FIN3O3. The lowest BCUT2D eigenvalue weighted by atomic mass is 10.1. The lowest BCUT2D eigenvalue weighted by molar-refractivity contribution is -0.0172. The average Bonchev–Trinajstić information content (AvgIpc) is 3.11. The van der Waals surface area contributed by atoms with E-state index in [4.69, 9.17) is 13.9 Å². The van der Waals surface area contributed by atoms with E-state index in [0.717, 1.165) is 22.4 Å². The minimum absolute atomic E-state index is 0. The summed E-state index contributed by atoms with van der Waals surface area (Å²) in [7, 11) is 1.70. The highest BCUT2D eigenvalue weighted by molar-refractivity contribution is 14.0. The zero-order valence-corrected chi connectivity index (χ0v) is 16.2. The molecule has 0 saturated carbocycles. The molecule has 0 spiro atoms. The van der Waals surface area contributed by atoms with Crippen LogP contribution >= 0.6 is 24.0 Å². The first-order chi connectivity index (χ1) is 11.8. The minimum atomic E-state index is -0.277. The van der Waals surface area contributed by atoms with E-state index in [1.54, 1.807) is 19.6 Å². The largest absolute Gasteiger partial charge is 0.472 e. The molecule has 0 unspecified atom stereocenters. The van der Waals surface area contributed by atoms with Gasteiger partial charge in [-0.2, -0.15) is 0 Å². The number of furan rings is 1. The predicted molar refractivity (Wildman–Crippen MR) is 103 cm³/mol. The second-order valence-electron chi connectivity index (χ2n) is 5.40. The van der Waals surface area contributed by atoms with Gasteiger partial charge in [-0.15, -0.1) is 24.0 Å². The topological polar surface area (TPSA) is 68.0 Å². The fourth-order valence-corrected chi connectivity index (χ4v) is 2.56. The lowest BCUT2D eigenvalue weighted by Crippen LogP contribution is -2.37. The normalized spacial score (nSPS) is 13.4. The highest BCUT2D eigenvalue weighted by Gasteiger charge is 2.16. The average molecular weight is 461 g/mol. The summed E-state index contributed by atoms with van der Waals surface area (Å²) in [5.74, 6) is 1.12. The van der Waals surface area contributed by atoms with E-state index in [1.807, 2.05) is 6.07 Å². The van der Waals surface area contributed by atoms with Gasteiger partial charge in [0.2, 0.25) is 0 Å². The number of nitrogens with zero attached hydrogens (tertiary/aromatic N) is 1. The van der Waals surface area contributed by atoms with Crippen molar-refractivity contribution in [1.29, 1.82) is 0 Å². The quantitative estimate of drug-likeness (QED) is 0.408. The number of nitrogens with one attached hydrogen (secondary N) is 2. The van der Waals surface area contributed by atoms with Crippen LogP contribution in [0, 0.1) is 5.82 Å². The van der Waals surface area contributed by atoms with Gasteiger partial charge in [-0.25, -0.2) is 4.39 Å². The highest BCUT2D eigenvalue weighted by atomic mass is 127. The van der Waals surface area contributed by atoms with Gasteiger partial charge in [-0.1, -0.05) is 0 Å². The maximum absolute atomic E-state index is 13.7. The molecule has 3 rings (SSSR count). The van der Waals surface area contributed by atoms with Crippen molar-refractivity contribution >= 4 is 29.9 Å². The van der Waals surface area contributed by atoms with Crippen LogP contribution in [-0.2, 0) is 24.3 Å². The number of halogens is 2. The van der Waals surface area contributed by atoms with Crippen LogP contribution in [-0.4, -0.2) is 26.3 Å². The number of benzene rings is 1. The Balaban J connectivity index is 0.00000225. The van der Waals surface area contributed by atoms with E-state index in [1.165, 1.54) is 12.1 Å². The number of hydrogen-bond acceptors (Lipinski definition) is 4. The van der Waals surface area contributed by atoms with Gasteiger partial charge in [0, 0.05) is 31.3 Å². The Morgan fingerprint density at radius 2 is 2.20 bits per heavy atom. The summed E-state index contributed by atoms with van der Waals surface area (Å²) >= 11 is 0. The Morgan fingerprint density at radius 1 is 1.32 bits per heavy atom. The molecule has 2 heterocycles. The van der Waals surface area contributed by atoms with Gasteiger partial charge >= 0.3 is 0 Å². The molecule has 0 atom stereocenters. The first-order valence-electron chi connectivity index (χ1n) is 7.73. The first-order valence-corrected chi connectivity index (χ1v) is 7.73. The van der Waals surface area contributed by atoms with Crippen LogP contribution in [0.2, 0.25) is 0 Å². The van der Waals surface area contributed by atoms with Crippen LogP contribution < -0.4 is 15.4 Å². The maximum Gasteiger partial charge on any atom is 0.191 e. The standard InChI is InChI=1S/C17H20FN3O3.HI/c1-19-17(21-8-12-3-5-22-9-12)20-4-2-13-6-15(18)7-14-10-23-11-24-16(13)14;/h3,5-7,9H,2,4,8,10-11H2,1H3,(H2,19,20,21);1H. The zero-order chi connectivity index (χ0) is 16.8. The second-order valence-corrected chi connectivity index (χ2v) is 5.40. The SMILES string of the molecule is CN=C(NCCc1cc(F)cc2c1OCOC2)NCc1ccoc1.I. The van der Waals surface area contributed by atoms with E-state index in [-0.39, 0.29) is 36.6 Å². The van der Waals surface area contributed by atoms with Crippen LogP contribution in [0.25, 0.3) is 0 Å². The fourth-order valence-electron chi connectivity index (χ4n) is 2.56. The van der Waals surface area contributed by atoms with E-state index >= 15 is 0 Å². The molecule has 1 aliphatic heterocycles. The summed E-state index contributed by atoms with van der Waals surface area (Å²) in [6, 6.07) is 4.85. The van der Waals surface area contributed by atoms with Crippen LogP contribution in [0.3, 0.4) is 0 Å². The Hall–Kier alpha value is -1.81. The molecule has 1 aromatic heterocycles. The van der Waals surface area contributed by atoms with Crippen molar-refractivity contribution in [2.45, 2.75) is 19.6 Å². The van der Waals surface area contributed by atoms with Gasteiger partial charge in [0.05, 0.1) is 19.1 Å². The summed E-state index contributed by atoms with van der Waals surface area (Å²) in [6.07, 6.45) is 3.93. The summed E-state index contributed by atoms with van der Waals surface area (Å²) in [6.45, 7) is 1.80. The monoisotopic (exact) mass is 461 g/mol. The van der Waals surface area contributed by atoms with Gasteiger partial charge in [-0.05, 0) is 30.2 Å². The van der Waals surface area contributed by atoms with Gasteiger partial charge in [0.1, 0.15) is 11.6 Å². The minimum Gasteiger partial charge on any atom is -0.472 e. The molecule has 6 nitrogen and oxygen atoms in total. The smallest absolute Gasteiger partial charge is 0.191 e. The van der Waals surface area contributed by atoms with Crippen molar-refractivity contribution in [2.75, 3.05) is 20.4 Å². The van der Waals surface area contributed by atoms with E-state index in [2.05, 4.69) is 15.6 Å². The van der Waals surface area contributed by atoms with Crippen LogP contribution in [0.5, 0.6) is 5.75 Å². The molecule has 1 aliphatic rings. The van der Waals surface area contributed by atoms with Gasteiger partial charge in [-0.3, -0.25) is 4.99 Å². The zero-order valence-electron chi connectivity index (χ0n) is 13.9. The fraction of sp³-hybridized carbons (Fsp3) is 0.353. The second kappa shape index (κ2) is 9.62. The third-order valence-corrected chi connectivity index (χ3v) is 3.70. The number of aliphatic imine (C=N–C) groups is 1. The summed E-state index contributed by atoms with van der Waals surface area (Å²) in [5, 5.41) is 6.39. The molecule has 0 saturated heterocycles. The van der Waals surface area contributed by atoms with Gasteiger partial charge in [0.25, 0.3) is 0 Å². The molecule has 2 N–H and O–H groups in total. The summed E-state index contributed by atoms with van der Waals surface area (Å²) in [4.78, 5) is 4.16. The molecule has 0 aliphatic carbocycles. The number of rotatable bonds is 5. The van der Waals surface area contributed by atoms with E-state index in [0.29, 0.717) is 32.1 Å².